The number of hydrogen-bond donors (Lipinski definition) is 0. The van der Waals surface area contributed by atoms with Crippen LogP contribution in [0.2, 0.25) is 0 Å². The summed E-state index contributed by atoms with van der Waals surface area (Å²) < 4.78 is 10.9. The molecule has 3 nitrogen and oxygen atoms in total. The molecule has 94 valence electrons. The molecule has 0 atom stereocenters. The first-order valence-electron chi connectivity index (χ1n) is 6.12. The highest BCUT2D eigenvalue weighted by atomic mass is 16.5. The summed E-state index contributed by atoms with van der Waals surface area (Å²) in [4.78, 5) is 11.7. The molecule has 0 fully saturated rings. The SMILES string of the molecule is CCCOCCOc1ccccc1C(=O)CC. The fourth-order valence-corrected chi connectivity index (χ4v) is 1.47. The van der Waals surface area contributed by atoms with Gasteiger partial charge in [-0.3, -0.25) is 4.79 Å². The number of Topliss-reactive ketones (excluding diaryl/α,β-unsaturated/α-hetero) is 1. The van der Waals surface area contributed by atoms with Gasteiger partial charge in [0.1, 0.15) is 12.4 Å². The van der Waals surface area contributed by atoms with Crippen LogP contribution in [-0.4, -0.2) is 25.6 Å². The van der Waals surface area contributed by atoms with Crippen molar-refractivity contribution in [3.8, 4) is 5.75 Å². The normalized spacial score (nSPS) is 10.2. The summed E-state index contributed by atoms with van der Waals surface area (Å²) >= 11 is 0. The smallest absolute Gasteiger partial charge is 0.166 e. The third-order valence-corrected chi connectivity index (χ3v) is 2.34. The van der Waals surface area contributed by atoms with Gasteiger partial charge in [0.2, 0.25) is 0 Å². The van der Waals surface area contributed by atoms with Crippen molar-refractivity contribution in [2.75, 3.05) is 19.8 Å². The van der Waals surface area contributed by atoms with Crippen molar-refractivity contribution in [1.29, 1.82) is 0 Å². The van der Waals surface area contributed by atoms with Crippen molar-refractivity contribution in [1.82, 2.24) is 0 Å². The Morgan fingerprint density at radius 1 is 1.12 bits per heavy atom. The third kappa shape index (κ3) is 4.57. The first kappa shape index (κ1) is 13.7. The Kier molecular flexibility index (Phi) is 6.33. The Morgan fingerprint density at radius 2 is 1.88 bits per heavy atom. The van der Waals surface area contributed by atoms with Crippen molar-refractivity contribution >= 4 is 5.78 Å². The predicted octanol–water partition coefficient (Wildman–Crippen LogP) is 3.08. The summed E-state index contributed by atoms with van der Waals surface area (Å²) in [6, 6.07) is 7.34. The Labute approximate surface area is 103 Å². The predicted molar refractivity (Wildman–Crippen MR) is 67.7 cm³/mol. The Bertz CT molecular complexity index is 347. The highest BCUT2D eigenvalue weighted by molar-refractivity contribution is 5.98. The largest absolute Gasteiger partial charge is 0.490 e. The number of para-hydroxylation sites is 1. The van der Waals surface area contributed by atoms with E-state index in [2.05, 4.69) is 6.92 Å². The molecule has 0 bridgehead atoms. The van der Waals surface area contributed by atoms with Crippen molar-refractivity contribution in [3.05, 3.63) is 29.8 Å². The van der Waals surface area contributed by atoms with Gasteiger partial charge in [0.25, 0.3) is 0 Å². The molecule has 0 aromatic heterocycles. The Morgan fingerprint density at radius 3 is 2.59 bits per heavy atom. The highest BCUT2D eigenvalue weighted by Gasteiger charge is 2.09. The lowest BCUT2D eigenvalue weighted by atomic mass is 10.1. The van der Waals surface area contributed by atoms with Crippen LogP contribution >= 0.6 is 0 Å². The summed E-state index contributed by atoms with van der Waals surface area (Å²) in [7, 11) is 0. The number of rotatable bonds is 8. The number of carbonyl (C=O) groups excluding carboxylic acids is 1. The van der Waals surface area contributed by atoms with Gasteiger partial charge < -0.3 is 9.47 Å². The topological polar surface area (TPSA) is 35.5 Å². The van der Waals surface area contributed by atoms with Gasteiger partial charge >= 0.3 is 0 Å². The fourth-order valence-electron chi connectivity index (χ4n) is 1.47. The monoisotopic (exact) mass is 236 g/mol. The lowest BCUT2D eigenvalue weighted by Crippen LogP contribution is -2.09. The van der Waals surface area contributed by atoms with Gasteiger partial charge in [-0.25, -0.2) is 0 Å². The fraction of sp³-hybridized carbons (Fsp3) is 0.500. The van der Waals surface area contributed by atoms with E-state index in [1.165, 1.54) is 0 Å². The van der Waals surface area contributed by atoms with Crippen LogP contribution in [0.5, 0.6) is 5.75 Å². The number of benzene rings is 1. The van der Waals surface area contributed by atoms with Crippen LogP contribution in [0.4, 0.5) is 0 Å². The molecule has 3 heteroatoms. The number of ketones is 1. The average molecular weight is 236 g/mol. The van der Waals surface area contributed by atoms with Gasteiger partial charge in [0, 0.05) is 13.0 Å². The zero-order valence-electron chi connectivity index (χ0n) is 10.6. The van der Waals surface area contributed by atoms with Crippen molar-refractivity contribution < 1.29 is 14.3 Å². The van der Waals surface area contributed by atoms with Crippen LogP contribution in [0.15, 0.2) is 24.3 Å². The molecular formula is C14H20O3. The van der Waals surface area contributed by atoms with E-state index in [-0.39, 0.29) is 5.78 Å². The summed E-state index contributed by atoms with van der Waals surface area (Å²) in [5.74, 6) is 0.759. The van der Waals surface area contributed by atoms with Gasteiger partial charge in [0.15, 0.2) is 5.78 Å². The lowest BCUT2D eigenvalue weighted by Gasteiger charge is -2.10. The second-order valence-corrected chi connectivity index (χ2v) is 3.73. The molecule has 0 aliphatic heterocycles. The second-order valence-electron chi connectivity index (χ2n) is 3.73. The highest BCUT2D eigenvalue weighted by Crippen LogP contribution is 2.19. The molecule has 0 radical (unpaired) electrons. The zero-order valence-corrected chi connectivity index (χ0v) is 10.6. The first-order chi connectivity index (χ1) is 8.29. The quantitative estimate of drug-likeness (QED) is 0.514. The van der Waals surface area contributed by atoms with E-state index in [0.717, 1.165) is 13.0 Å². The lowest BCUT2D eigenvalue weighted by molar-refractivity contribution is 0.0948. The summed E-state index contributed by atoms with van der Waals surface area (Å²) in [5, 5.41) is 0. The first-order valence-corrected chi connectivity index (χ1v) is 6.12. The molecule has 17 heavy (non-hydrogen) atoms. The summed E-state index contributed by atoms with van der Waals surface area (Å²) in [6.07, 6.45) is 1.50. The standard InChI is InChI=1S/C14H20O3/c1-3-9-16-10-11-17-14-8-6-5-7-12(14)13(15)4-2/h5-8H,3-4,9-11H2,1-2H3. The molecule has 0 amide bonds. The average Bonchev–Trinajstić information content (AvgIpc) is 2.38. The minimum atomic E-state index is 0.107. The molecule has 0 heterocycles. The van der Waals surface area contributed by atoms with E-state index < -0.39 is 0 Å². The van der Waals surface area contributed by atoms with Crippen LogP contribution in [0.25, 0.3) is 0 Å². The molecule has 1 aromatic rings. The molecule has 0 saturated carbocycles. The van der Waals surface area contributed by atoms with E-state index in [9.17, 15) is 4.79 Å². The molecule has 0 aliphatic carbocycles. The molecule has 0 N–H and O–H groups in total. The van der Waals surface area contributed by atoms with Crippen molar-refractivity contribution in [3.63, 3.8) is 0 Å². The van der Waals surface area contributed by atoms with Crippen LogP contribution in [0.1, 0.15) is 37.0 Å². The maximum absolute atomic E-state index is 11.7. The van der Waals surface area contributed by atoms with Gasteiger partial charge in [-0.2, -0.15) is 0 Å². The maximum Gasteiger partial charge on any atom is 0.166 e. The van der Waals surface area contributed by atoms with Gasteiger partial charge in [0.05, 0.1) is 12.2 Å². The minimum absolute atomic E-state index is 0.107. The number of hydrogen-bond acceptors (Lipinski definition) is 3. The zero-order chi connectivity index (χ0) is 12.5. The maximum atomic E-state index is 11.7. The molecule has 0 spiro atoms. The van der Waals surface area contributed by atoms with E-state index in [0.29, 0.717) is 30.9 Å². The Hall–Kier alpha value is -1.35. The van der Waals surface area contributed by atoms with Crippen LogP contribution in [-0.2, 0) is 4.74 Å². The number of carbonyl (C=O) groups is 1. The van der Waals surface area contributed by atoms with E-state index in [1.54, 1.807) is 6.07 Å². The minimum Gasteiger partial charge on any atom is -0.490 e. The summed E-state index contributed by atoms with van der Waals surface area (Å²) in [6.45, 7) is 5.70. The molecular weight excluding hydrogens is 216 g/mol. The van der Waals surface area contributed by atoms with Gasteiger partial charge in [-0.05, 0) is 18.6 Å². The van der Waals surface area contributed by atoms with E-state index in [4.69, 9.17) is 9.47 Å². The van der Waals surface area contributed by atoms with Crippen LogP contribution in [0, 0.1) is 0 Å². The van der Waals surface area contributed by atoms with E-state index >= 15 is 0 Å². The number of ether oxygens (including phenoxy) is 2. The van der Waals surface area contributed by atoms with Crippen molar-refractivity contribution in [2.45, 2.75) is 26.7 Å². The van der Waals surface area contributed by atoms with Gasteiger partial charge in [-0.15, -0.1) is 0 Å². The van der Waals surface area contributed by atoms with Crippen LogP contribution in [0.3, 0.4) is 0 Å². The third-order valence-electron chi connectivity index (χ3n) is 2.34. The summed E-state index contributed by atoms with van der Waals surface area (Å²) in [5.41, 5.74) is 0.658. The Balaban J connectivity index is 2.49. The second kappa shape index (κ2) is 7.85. The van der Waals surface area contributed by atoms with Gasteiger partial charge in [-0.1, -0.05) is 26.0 Å². The van der Waals surface area contributed by atoms with Crippen molar-refractivity contribution in [2.24, 2.45) is 0 Å². The molecule has 0 aliphatic rings. The molecule has 0 saturated heterocycles. The molecule has 0 unspecified atom stereocenters. The molecule has 1 rings (SSSR count). The van der Waals surface area contributed by atoms with Crippen LogP contribution < -0.4 is 4.74 Å². The van der Waals surface area contributed by atoms with E-state index in [1.807, 2.05) is 25.1 Å². The molecule has 1 aromatic carbocycles.